The lowest BCUT2D eigenvalue weighted by Crippen LogP contribution is -2.12. The fraction of sp³-hybridized carbons (Fsp3) is 0.429. The molecule has 32 heavy (non-hydrogen) atoms. The largest absolute Gasteiger partial charge is 0.491 e. The molecule has 0 aliphatic heterocycles. The Morgan fingerprint density at radius 1 is 0.750 bits per heavy atom. The number of hydrogen-bond acceptors (Lipinski definition) is 3. The Labute approximate surface area is 192 Å². The van der Waals surface area contributed by atoms with Crippen LogP contribution in [-0.4, -0.2) is 22.7 Å². The van der Waals surface area contributed by atoms with E-state index in [1.807, 2.05) is 36.7 Å². The van der Waals surface area contributed by atoms with Crippen molar-refractivity contribution in [3.63, 3.8) is 0 Å². The smallest absolute Gasteiger partial charge is 0.159 e. The lowest BCUT2D eigenvalue weighted by molar-refractivity contribution is 0.184. The molecule has 0 N–H and O–H groups in total. The van der Waals surface area contributed by atoms with Gasteiger partial charge >= 0.3 is 0 Å². The van der Waals surface area contributed by atoms with Gasteiger partial charge < -0.3 is 4.74 Å². The van der Waals surface area contributed by atoms with Gasteiger partial charge in [-0.25, -0.2) is 14.4 Å². The number of alkyl halides is 1. The minimum atomic E-state index is -0.911. The number of aromatic nitrogens is 2. The third kappa shape index (κ3) is 7.44. The van der Waals surface area contributed by atoms with E-state index in [0.29, 0.717) is 12.2 Å². The number of nitrogens with zero attached hydrogens (tertiary/aromatic N) is 2. The number of unbranched alkanes of at least 4 members (excludes halogenated alkanes) is 4. The Balaban J connectivity index is 1.55. The van der Waals surface area contributed by atoms with Crippen LogP contribution in [0.1, 0.15) is 64.4 Å². The van der Waals surface area contributed by atoms with E-state index in [9.17, 15) is 4.39 Å². The van der Waals surface area contributed by atoms with E-state index in [1.54, 1.807) is 0 Å². The predicted octanol–water partition coefficient (Wildman–Crippen LogP) is 7.84. The second-order valence-corrected chi connectivity index (χ2v) is 8.38. The van der Waals surface area contributed by atoms with Gasteiger partial charge in [0.15, 0.2) is 5.82 Å². The molecule has 3 nitrogen and oxygen atoms in total. The van der Waals surface area contributed by atoms with Crippen molar-refractivity contribution in [2.75, 3.05) is 6.61 Å². The lowest BCUT2D eigenvalue weighted by Gasteiger charge is -2.10. The second-order valence-electron chi connectivity index (χ2n) is 8.38. The summed E-state index contributed by atoms with van der Waals surface area (Å²) < 4.78 is 19.3. The number of ether oxygens (including phenoxy) is 1. The summed E-state index contributed by atoms with van der Waals surface area (Å²) in [4.78, 5) is 9.12. The minimum Gasteiger partial charge on any atom is -0.491 e. The van der Waals surface area contributed by atoms with Crippen LogP contribution in [-0.2, 0) is 6.42 Å². The summed E-state index contributed by atoms with van der Waals surface area (Å²) in [5.41, 5.74) is 4.35. The zero-order valence-electron chi connectivity index (χ0n) is 19.4. The first-order valence-corrected chi connectivity index (χ1v) is 12.0. The summed E-state index contributed by atoms with van der Waals surface area (Å²) in [6.45, 7) is 4.41. The molecular weight excluding hydrogens is 399 g/mol. The molecule has 0 amide bonds. The summed E-state index contributed by atoms with van der Waals surface area (Å²) in [6.07, 6.45) is 11.5. The zero-order valence-corrected chi connectivity index (χ0v) is 19.4. The van der Waals surface area contributed by atoms with Crippen molar-refractivity contribution in [2.45, 2.75) is 71.4 Å². The van der Waals surface area contributed by atoms with Crippen LogP contribution in [0.2, 0.25) is 0 Å². The van der Waals surface area contributed by atoms with E-state index in [0.717, 1.165) is 41.8 Å². The molecule has 3 aromatic rings. The first-order valence-electron chi connectivity index (χ1n) is 12.0. The summed E-state index contributed by atoms with van der Waals surface area (Å²) >= 11 is 0. The summed E-state index contributed by atoms with van der Waals surface area (Å²) in [5.74, 6) is 1.41. The predicted molar refractivity (Wildman–Crippen MR) is 131 cm³/mol. The van der Waals surface area contributed by atoms with Crippen molar-refractivity contribution in [3.05, 3.63) is 66.5 Å². The summed E-state index contributed by atoms with van der Waals surface area (Å²) in [6, 6.07) is 16.2. The van der Waals surface area contributed by atoms with Crippen LogP contribution in [0.3, 0.4) is 0 Å². The Hall–Kier alpha value is -2.75. The fourth-order valence-corrected chi connectivity index (χ4v) is 3.64. The van der Waals surface area contributed by atoms with E-state index in [4.69, 9.17) is 4.74 Å². The van der Waals surface area contributed by atoms with Gasteiger partial charge in [0.1, 0.15) is 18.5 Å². The minimum absolute atomic E-state index is 0.106. The van der Waals surface area contributed by atoms with Gasteiger partial charge in [-0.1, -0.05) is 82.3 Å². The molecule has 170 valence electrons. The molecule has 0 bridgehead atoms. The molecule has 0 aliphatic carbocycles. The first-order chi connectivity index (χ1) is 15.7. The van der Waals surface area contributed by atoms with Crippen molar-refractivity contribution >= 4 is 0 Å². The molecule has 0 spiro atoms. The van der Waals surface area contributed by atoms with Gasteiger partial charge in [0.25, 0.3) is 0 Å². The quantitative estimate of drug-likeness (QED) is 0.257. The third-order valence-corrected chi connectivity index (χ3v) is 5.67. The van der Waals surface area contributed by atoms with Crippen molar-refractivity contribution < 1.29 is 9.13 Å². The molecule has 0 radical (unpaired) electrons. The van der Waals surface area contributed by atoms with Crippen molar-refractivity contribution in [3.8, 4) is 28.3 Å². The monoisotopic (exact) mass is 434 g/mol. The van der Waals surface area contributed by atoms with Gasteiger partial charge in [0.2, 0.25) is 0 Å². The standard InChI is InChI=1S/C28H35FN2O/c1-3-5-7-8-9-22-11-13-24(14-12-22)28-30-19-25(20-31-28)23-15-17-27(18-16-23)32-21-26(29)10-6-4-2/h11-20,26H,3-10,21H2,1-2H3. The highest BCUT2D eigenvalue weighted by atomic mass is 19.1. The molecule has 0 saturated carbocycles. The van der Waals surface area contributed by atoms with Crippen LogP contribution in [0.5, 0.6) is 5.75 Å². The molecule has 0 fully saturated rings. The van der Waals surface area contributed by atoms with Crippen LogP contribution in [0.25, 0.3) is 22.5 Å². The highest BCUT2D eigenvalue weighted by molar-refractivity contribution is 5.64. The van der Waals surface area contributed by atoms with E-state index in [1.165, 1.54) is 31.2 Å². The van der Waals surface area contributed by atoms with Gasteiger partial charge in [0.05, 0.1) is 0 Å². The highest BCUT2D eigenvalue weighted by Gasteiger charge is 2.08. The first kappa shape index (κ1) is 23.9. The molecule has 0 aliphatic rings. The van der Waals surface area contributed by atoms with Crippen molar-refractivity contribution in [1.82, 2.24) is 9.97 Å². The summed E-state index contributed by atoms with van der Waals surface area (Å²) in [7, 11) is 0. The van der Waals surface area contributed by atoms with Crippen molar-refractivity contribution in [1.29, 1.82) is 0 Å². The van der Waals surface area contributed by atoms with E-state index in [2.05, 4.69) is 48.1 Å². The van der Waals surface area contributed by atoms with Gasteiger partial charge in [0, 0.05) is 23.5 Å². The maximum atomic E-state index is 13.8. The van der Waals surface area contributed by atoms with Crippen LogP contribution in [0.15, 0.2) is 60.9 Å². The number of rotatable bonds is 13. The fourth-order valence-electron chi connectivity index (χ4n) is 3.64. The van der Waals surface area contributed by atoms with E-state index >= 15 is 0 Å². The molecule has 0 saturated heterocycles. The Morgan fingerprint density at radius 2 is 1.41 bits per heavy atom. The normalized spacial score (nSPS) is 12.0. The number of benzene rings is 2. The molecule has 1 atom stereocenters. The number of aryl methyl sites for hydroxylation is 1. The van der Waals surface area contributed by atoms with Gasteiger partial charge in [-0.05, 0) is 42.5 Å². The third-order valence-electron chi connectivity index (χ3n) is 5.67. The maximum absolute atomic E-state index is 13.8. The Kier molecular flexibility index (Phi) is 9.67. The molecule has 2 aromatic carbocycles. The van der Waals surface area contributed by atoms with Crippen LogP contribution < -0.4 is 4.74 Å². The van der Waals surface area contributed by atoms with Crippen LogP contribution in [0.4, 0.5) is 4.39 Å². The maximum Gasteiger partial charge on any atom is 0.159 e. The zero-order chi connectivity index (χ0) is 22.6. The number of halogens is 1. The highest BCUT2D eigenvalue weighted by Crippen LogP contribution is 2.24. The van der Waals surface area contributed by atoms with Gasteiger partial charge in [-0.3, -0.25) is 0 Å². The number of hydrogen-bond donors (Lipinski definition) is 0. The molecule has 4 heteroatoms. The molecule has 1 aromatic heterocycles. The Morgan fingerprint density at radius 3 is 2.06 bits per heavy atom. The molecule has 1 heterocycles. The SMILES string of the molecule is CCCCCCc1ccc(-c2ncc(-c3ccc(OCC(F)CCCC)cc3)cn2)cc1. The summed E-state index contributed by atoms with van der Waals surface area (Å²) in [5, 5.41) is 0. The average Bonchev–Trinajstić information content (AvgIpc) is 2.85. The van der Waals surface area contributed by atoms with Gasteiger partial charge in [-0.15, -0.1) is 0 Å². The second kappa shape index (κ2) is 12.9. The lowest BCUT2D eigenvalue weighted by atomic mass is 10.0. The average molecular weight is 435 g/mol. The van der Waals surface area contributed by atoms with E-state index in [-0.39, 0.29) is 6.61 Å². The van der Waals surface area contributed by atoms with E-state index < -0.39 is 6.17 Å². The Bertz CT molecular complexity index is 908. The van der Waals surface area contributed by atoms with Gasteiger partial charge in [-0.2, -0.15) is 0 Å². The van der Waals surface area contributed by atoms with Crippen LogP contribution in [0, 0.1) is 0 Å². The molecular formula is C28H35FN2O. The topological polar surface area (TPSA) is 35.0 Å². The van der Waals surface area contributed by atoms with Crippen LogP contribution >= 0.6 is 0 Å². The molecule has 3 rings (SSSR count). The van der Waals surface area contributed by atoms with Crippen molar-refractivity contribution in [2.24, 2.45) is 0 Å². The molecule has 1 unspecified atom stereocenters.